The number of hydrogen-bond donors (Lipinski definition) is 0. The van der Waals surface area contributed by atoms with Gasteiger partial charge in [-0.15, -0.1) is 11.3 Å². The van der Waals surface area contributed by atoms with Crippen LogP contribution in [-0.2, 0) is 13.5 Å². The summed E-state index contributed by atoms with van der Waals surface area (Å²) in [6, 6.07) is 0. The molecule has 3 aromatic heterocycles. The van der Waals surface area contributed by atoms with Gasteiger partial charge in [-0.3, -0.25) is 14.8 Å². The predicted octanol–water partition coefficient (Wildman–Crippen LogP) is 3.05. The molecule has 0 bridgehead atoms. The molecule has 1 saturated heterocycles. The first-order valence-corrected chi connectivity index (χ1v) is 10.4. The lowest BCUT2D eigenvalue weighted by Crippen LogP contribution is -2.39. The van der Waals surface area contributed by atoms with E-state index in [1.165, 1.54) is 11.3 Å². The molecule has 0 aliphatic carbocycles. The number of aromatic nitrogens is 5. The van der Waals surface area contributed by atoms with Gasteiger partial charge in [-0.25, -0.2) is 9.97 Å². The molecular weight excluding hydrogens is 372 g/mol. The van der Waals surface area contributed by atoms with E-state index in [1.807, 2.05) is 36.6 Å². The highest BCUT2D eigenvalue weighted by atomic mass is 32.1. The largest absolute Gasteiger partial charge is 0.338 e. The van der Waals surface area contributed by atoms with Gasteiger partial charge < -0.3 is 9.47 Å². The summed E-state index contributed by atoms with van der Waals surface area (Å²) in [5.41, 5.74) is 5.48. The first-order chi connectivity index (χ1) is 13.5. The third kappa shape index (κ3) is 3.56. The summed E-state index contributed by atoms with van der Waals surface area (Å²) in [6.07, 6.45) is 8.18. The number of thiazole rings is 1. The summed E-state index contributed by atoms with van der Waals surface area (Å²) in [7, 11) is 2.00. The second kappa shape index (κ2) is 7.79. The van der Waals surface area contributed by atoms with E-state index in [-0.39, 0.29) is 5.91 Å². The summed E-state index contributed by atoms with van der Waals surface area (Å²) in [4.78, 5) is 33.2. The Kier molecular flexibility index (Phi) is 5.21. The van der Waals surface area contributed by atoms with Crippen LogP contribution in [0.3, 0.4) is 0 Å². The second-order valence-corrected chi connectivity index (χ2v) is 8.16. The Hall–Kier alpha value is -2.61. The fourth-order valence-electron chi connectivity index (χ4n) is 3.72. The van der Waals surface area contributed by atoms with Crippen molar-refractivity contribution in [2.24, 2.45) is 13.0 Å². The number of piperidine rings is 1. The molecule has 0 atom stereocenters. The van der Waals surface area contributed by atoms with Gasteiger partial charge in [-0.1, -0.05) is 0 Å². The first kappa shape index (κ1) is 18.7. The van der Waals surface area contributed by atoms with Crippen molar-refractivity contribution in [3.63, 3.8) is 0 Å². The van der Waals surface area contributed by atoms with Gasteiger partial charge >= 0.3 is 0 Å². The van der Waals surface area contributed by atoms with Crippen LogP contribution in [0.5, 0.6) is 0 Å². The molecule has 0 spiro atoms. The van der Waals surface area contributed by atoms with Gasteiger partial charge in [0.1, 0.15) is 16.4 Å². The standard InChI is InChI=1S/C20H24N6OS/c1-13-19(28-12-24-13)20(27)26-8-4-15(5-9-26)10-16-18(22-7-6-21-16)17-11-23-14(2)25(17)3/h6-7,11-12,15H,4-5,8-10H2,1-3H3. The van der Waals surface area contributed by atoms with Gasteiger partial charge in [0.25, 0.3) is 5.91 Å². The number of carbonyl (C=O) groups is 1. The van der Waals surface area contributed by atoms with Crippen LogP contribution in [0.1, 0.15) is 39.7 Å². The lowest BCUT2D eigenvalue weighted by Gasteiger charge is -2.32. The number of amides is 1. The molecule has 7 nitrogen and oxygen atoms in total. The quantitative estimate of drug-likeness (QED) is 0.677. The Morgan fingerprint density at radius 2 is 1.89 bits per heavy atom. The van der Waals surface area contributed by atoms with Gasteiger partial charge in [-0.2, -0.15) is 0 Å². The number of rotatable bonds is 4. The summed E-state index contributed by atoms with van der Waals surface area (Å²) < 4.78 is 2.05. The lowest BCUT2D eigenvalue weighted by molar-refractivity contribution is 0.0694. The molecular formula is C20H24N6OS. The van der Waals surface area contributed by atoms with E-state index in [2.05, 4.69) is 19.9 Å². The molecule has 1 fully saturated rings. The molecule has 1 amide bonds. The van der Waals surface area contributed by atoms with Crippen LogP contribution in [0.15, 0.2) is 24.1 Å². The zero-order valence-electron chi connectivity index (χ0n) is 16.4. The van der Waals surface area contributed by atoms with E-state index >= 15 is 0 Å². The van der Waals surface area contributed by atoms with Crippen LogP contribution in [0.25, 0.3) is 11.4 Å². The van der Waals surface area contributed by atoms with Crippen LogP contribution >= 0.6 is 11.3 Å². The maximum atomic E-state index is 12.7. The summed E-state index contributed by atoms with van der Waals surface area (Å²) >= 11 is 1.43. The monoisotopic (exact) mass is 396 g/mol. The van der Waals surface area contributed by atoms with Crippen molar-refractivity contribution in [3.8, 4) is 11.4 Å². The Morgan fingerprint density at radius 3 is 2.54 bits per heavy atom. The van der Waals surface area contributed by atoms with Gasteiger partial charge in [0, 0.05) is 32.5 Å². The van der Waals surface area contributed by atoms with Crippen molar-refractivity contribution >= 4 is 17.2 Å². The van der Waals surface area contributed by atoms with Crippen LogP contribution in [0.2, 0.25) is 0 Å². The minimum Gasteiger partial charge on any atom is -0.338 e. The van der Waals surface area contributed by atoms with E-state index in [1.54, 1.807) is 17.9 Å². The van der Waals surface area contributed by atoms with Gasteiger partial charge in [0.2, 0.25) is 0 Å². The summed E-state index contributed by atoms with van der Waals surface area (Å²) in [5, 5.41) is 0. The van der Waals surface area contributed by atoms with E-state index < -0.39 is 0 Å². The highest BCUT2D eigenvalue weighted by Crippen LogP contribution is 2.27. The van der Waals surface area contributed by atoms with Crippen molar-refractivity contribution < 1.29 is 4.79 Å². The van der Waals surface area contributed by atoms with Crippen molar-refractivity contribution in [3.05, 3.63) is 46.2 Å². The van der Waals surface area contributed by atoms with E-state index in [9.17, 15) is 4.79 Å². The SMILES string of the molecule is Cc1ncsc1C(=O)N1CCC(Cc2nccnc2-c2cnc(C)n2C)CC1. The zero-order chi connectivity index (χ0) is 19.7. The van der Waals surface area contributed by atoms with Crippen molar-refractivity contribution in [1.29, 1.82) is 0 Å². The van der Waals surface area contributed by atoms with Crippen molar-refractivity contribution in [2.45, 2.75) is 33.1 Å². The number of aryl methyl sites for hydroxylation is 2. The predicted molar refractivity (Wildman–Crippen MR) is 108 cm³/mol. The highest BCUT2D eigenvalue weighted by molar-refractivity contribution is 7.11. The third-order valence-corrected chi connectivity index (χ3v) is 6.48. The summed E-state index contributed by atoms with van der Waals surface area (Å²) in [5.74, 6) is 1.57. The molecule has 0 radical (unpaired) electrons. The Morgan fingerprint density at radius 1 is 1.14 bits per heavy atom. The Balaban J connectivity index is 1.44. The molecule has 4 rings (SSSR count). The van der Waals surface area contributed by atoms with Crippen molar-refractivity contribution in [2.75, 3.05) is 13.1 Å². The van der Waals surface area contributed by atoms with Crippen LogP contribution < -0.4 is 0 Å². The average Bonchev–Trinajstić information content (AvgIpc) is 3.28. The fraction of sp³-hybridized carbons (Fsp3) is 0.450. The molecule has 1 aliphatic rings. The Bertz CT molecular complexity index is 986. The first-order valence-electron chi connectivity index (χ1n) is 9.52. The molecule has 0 aromatic carbocycles. The number of nitrogens with zero attached hydrogens (tertiary/aromatic N) is 6. The number of carbonyl (C=O) groups excluding carboxylic acids is 1. The summed E-state index contributed by atoms with van der Waals surface area (Å²) in [6.45, 7) is 5.44. The van der Waals surface area contributed by atoms with Crippen LogP contribution in [0.4, 0.5) is 0 Å². The molecule has 4 heterocycles. The van der Waals surface area contributed by atoms with Gasteiger partial charge in [0.05, 0.1) is 28.8 Å². The lowest BCUT2D eigenvalue weighted by atomic mass is 9.91. The normalized spacial score (nSPS) is 15.2. The zero-order valence-corrected chi connectivity index (χ0v) is 17.2. The maximum Gasteiger partial charge on any atom is 0.265 e. The van der Waals surface area contributed by atoms with Gasteiger partial charge in [-0.05, 0) is 39.0 Å². The molecule has 3 aromatic rings. The smallest absolute Gasteiger partial charge is 0.265 e. The Labute approximate surface area is 168 Å². The van der Waals surface area contributed by atoms with Crippen LogP contribution in [-0.4, -0.2) is 48.4 Å². The molecule has 0 unspecified atom stereocenters. The second-order valence-electron chi connectivity index (χ2n) is 7.31. The molecule has 28 heavy (non-hydrogen) atoms. The molecule has 0 saturated carbocycles. The molecule has 1 aliphatic heterocycles. The topological polar surface area (TPSA) is 76.8 Å². The molecule has 146 valence electrons. The maximum absolute atomic E-state index is 12.7. The van der Waals surface area contributed by atoms with E-state index in [0.29, 0.717) is 5.92 Å². The van der Waals surface area contributed by atoms with E-state index in [0.717, 1.165) is 65.8 Å². The number of likely N-dealkylation sites (tertiary alicyclic amines) is 1. The third-order valence-electron chi connectivity index (χ3n) is 5.56. The minimum absolute atomic E-state index is 0.115. The molecule has 0 N–H and O–H groups in total. The number of hydrogen-bond acceptors (Lipinski definition) is 6. The van der Waals surface area contributed by atoms with Crippen molar-refractivity contribution in [1.82, 2.24) is 29.4 Å². The van der Waals surface area contributed by atoms with Gasteiger partial charge in [0.15, 0.2) is 0 Å². The number of imidazole rings is 1. The van der Waals surface area contributed by atoms with Crippen LogP contribution in [0, 0.1) is 19.8 Å². The van der Waals surface area contributed by atoms with E-state index in [4.69, 9.17) is 0 Å². The fourth-order valence-corrected chi connectivity index (χ4v) is 4.49. The highest BCUT2D eigenvalue weighted by Gasteiger charge is 2.27. The minimum atomic E-state index is 0.115. The molecule has 8 heteroatoms. The average molecular weight is 397 g/mol.